The molecule has 17 heavy (non-hydrogen) atoms. The molecule has 0 aromatic rings. The zero-order chi connectivity index (χ0) is 13.1. The third-order valence-corrected chi connectivity index (χ3v) is 5.14. The van der Waals surface area contributed by atoms with Gasteiger partial charge in [-0.1, -0.05) is 13.8 Å². The highest BCUT2D eigenvalue weighted by Gasteiger charge is 2.29. The van der Waals surface area contributed by atoms with E-state index in [2.05, 4.69) is 13.8 Å². The van der Waals surface area contributed by atoms with Gasteiger partial charge in [0.25, 0.3) is 0 Å². The molecule has 1 aliphatic rings. The van der Waals surface area contributed by atoms with Crippen molar-refractivity contribution in [1.29, 1.82) is 0 Å². The highest BCUT2D eigenvalue weighted by Crippen LogP contribution is 2.30. The predicted octanol–water partition coefficient (Wildman–Crippen LogP) is 1.30. The molecule has 1 aliphatic heterocycles. The van der Waals surface area contributed by atoms with Crippen molar-refractivity contribution in [3.05, 3.63) is 0 Å². The maximum absolute atomic E-state index is 11.9. The van der Waals surface area contributed by atoms with Gasteiger partial charge in [0.15, 0.2) is 0 Å². The summed E-state index contributed by atoms with van der Waals surface area (Å²) >= 11 is 0. The summed E-state index contributed by atoms with van der Waals surface area (Å²) in [5, 5.41) is 8.53. The number of carbonyl (C=O) groups is 1. The first-order chi connectivity index (χ1) is 7.73. The molecule has 1 heterocycles. The van der Waals surface area contributed by atoms with E-state index in [0.29, 0.717) is 13.1 Å². The van der Waals surface area contributed by atoms with Crippen LogP contribution in [0, 0.1) is 5.41 Å². The summed E-state index contributed by atoms with van der Waals surface area (Å²) in [5.74, 6) is -1.35. The van der Waals surface area contributed by atoms with Crippen LogP contribution in [0.1, 0.15) is 39.5 Å². The van der Waals surface area contributed by atoms with Crippen molar-refractivity contribution in [2.75, 3.05) is 18.8 Å². The standard InChI is InChI=1S/C11H21NO4S/c1-11(2)5-3-7-12(8-6-11)17(15,16)9-4-10(13)14/h3-9H2,1-2H3,(H,13,14). The Bertz CT molecular complexity index is 375. The van der Waals surface area contributed by atoms with Gasteiger partial charge >= 0.3 is 5.97 Å². The molecular formula is C11H21NO4S. The van der Waals surface area contributed by atoms with Crippen LogP contribution < -0.4 is 0 Å². The van der Waals surface area contributed by atoms with Gasteiger partial charge in [0.05, 0.1) is 12.2 Å². The summed E-state index contributed by atoms with van der Waals surface area (Å²) in [4.78, 5) is 10.4. The van der Waals surface area contributed by atoms with E-state index in [0.717, 1.165) is 19.3 Å². The monoisotopic (exact) mass is 263 g/mol. The molecule has 1 rings (SSSR count). The Balaban J connectivity index is 2.63. The van der Waals surface area contributed by atoms with E-state index in [-0.39, 0.29) is 17.6 Å². The Hall–Kier alpha value is -0.620. The maximum Gasteiger partial charge on any atom is 0.304 e. The van der Waals surface area contributed by atoms with Crippen LogP contribution in [-0.4, -0.2) is 42.6 Å². The Labute approximate surface area is 103 Å². The van der Waals surface area contributed by atoms with Gasteiger partial charge in [-0.15, -0.1) is 0 Å². The fourth-order valence-corrected chi connectivity index (χ4v) is 3.49. The number of carboxylic acids is 1. The second kappa shape index (κ2) is 5.35. The number of sulfonamides is 1. The SMILES string of the molecule is CC1(C)CCCN(S(=O)(=O)CCC(=O)O)CC1. The molecule has 0 amide bonds. The minimum atomic E-state index is -3.40. The van der Waals surface area contributed by atoms with E-state index in [4.69, 9.17) is 5.11 Å². The van der Waals surface area contributed by atoms with Gasteiger partial charge in [-0.25, -0.2) is 12.7 Å². The van der Waals surface area contributed by atoms with Crippen LogP contribution in [0.25, 0.3) is 0 Å². The minimum Gasteiger partial charge on any atom is -0.481 e. The second-order valence-electron chi connectivity index (χ2n) is 5.38. The lowest BCUT2D eigenvalue weighted by atomic mass is 9.85. The summed E-state index contributed by atoms with van der Waals surface area (Å²) in [6.07, 6.45) is 2.37. The Morgan fingerprint density at radius 1 is 1.29 bits per heavy atom. The topological polar surface area (TPSA) is 74.7 Å². The van der Waals surface area contributed by atoms with Gasteiger partial charge in [-0.05, 0) is 24.7 Å². The molecule has 0 bridgehead atoms. The van der Waals surface area contributed by atoms with Gasteiger partial charge in [-0.2, -0.15) is 0 Å². The third kappa shape index (κ3) is 4.63. The van der Waals surface area contributed by atoms with Gasteiger partial charge in [0.1, 0.15) is 0 Å². The Morgan fingerprint density at radius 2 is 1.94 bits per heavy atom. The summed E-state index contributed by atoms with van der Waals surface area (Å²) in [6, 6.07) is 0. The molecule has 0 aromatic carbocycles. The molecule has 5 nitrogen and oxygen atoms in total. The van der Waals surface area contributed by atoms with E-state index in [1.54, 1.807) is 0 Å². The van der Waals surface area contributed by atoms with Crippen molar-refractivity contribution in [2.24, 2.45) is 5.41 Å². The van der Waals surface area contributed by atoms with Crippen LogP contribution >= 0.6 is 0 Å². The first-order valence-corrected chi connectivity index (χ1v) is 7.53. The molecule has 1 N–H and O–H groups in total. The highest BCUT2D eigenvalue weighted by atomic mass is 32.2. The van der Waals surface area contributed by atoms with Crippen LogP contribution in [0.2, 0.25) is 0 Å². The number of nitrogens with zero attached hydrogens (tertiary/aromatic N) is 1. The second-order valence-corrected chi connectivity index (χ2v) is 7.47. The van der Waals surface area contributed by atoms with Gasteiger partial charge < -0.3 is 5.11 Å². The van der Waals surface area contributed by atoms with E-state index in [1.165, 1.54) is 4.31 Å². The van der Waals surface area contributed by atoms with Gasteiger partial charge in [0, 0.05) is 13.1 Å². The van der Waals surface area contributed by atoms with E-state index >= 15 is 0 Å². The number of hydrogen-bond donors (Lipinski definition) is 1. The molecule has 0 spiro atoms. The lowest BCUT2D eigenvalue weighted by Crippen LogP contribution is -2.34. The first kappa shape index (κ1) is 14.4. The van der Waals surface area contributed by atoms with Gasteiger partial charge in [-0.3, -0.25) is 4.79 Å². The maximum atomic E-state index is 11.9. The summed E-state index contributed by atoms with van der Waals surface area (Å²) in [6.45, 7) is 5.31. The smallest absolute Gasteiger partial charge is 0.304 e. The fraction of sp³-hybridized carbons (Fsp3) is 0.909. The molecule has 0 saturated carbocycles. The minimum absolute atomic E-state index is 0.178. The molecule has 0 unspecified atom stereocenters. The van der Waals surface area contributed by atoms with Crippen LogP contribution in [0.15, 0.2) is 0 Å². The predicted molar refractivity (Wildman–Crippen MR) is 65.2 cm³/mol. The third-order valence-electron chi connectivity index (χ3n) is 3.27. The summed E-state index contributed by atoms with van der Waals surface area (Å²) in [7, 11) is -3.40. The number of carboxylic acid groups (broad SMARTS) is 1. The average molecular weight is 263 g/mol. The molecule has 1 saturated heterocycles. The highest BCUT2D eigenvalue weighted by molar-refractivity contribution is 7.89. The zero-order valence-corrected chi connectivity index (χ0v) is 11.3. The quantitative estimate of drug-likeness (QED) is 0.829. The van der Waals surface area contributed by atoms with Crippen molar-refractivity contribution in [1.82, 2.24) is 4.31 Å². The number of rotatable bonds is 4. The van der Waals surface area contributed by atoms with E-state index in [9.17, 15) is 13.2 Å². The van der Waals surface area contributed by atoms with Crippen LogP contribution in [0.5, 0.6) is 0 Å². The number of aliphatic carboxylic acids is 1. The fourth-order valence-electron chi connectivity index (χ4n) is 2.02. The summed E-state index contributed by atoms with van der Waals surface area (Å²) < 4.78 is 25.3. The molecule has 0 aromatic heterocycles. The van der Waals surface area contributed by atoms with Crippen molar-refractivity contribution in [3.8, 4) is 0 Å². The molecule has 100 valence electrons. The summed E-state index contributed by atoms with van der Waals surface area (Å²) in [5.41, 5.74) is 0.178. The Kier molecular flexibility index (Phi) is 4.55. The Morgan fingerprint density at radius 3 is 2.53 bits per heavy atom. The van der Waals surface area contributed by atoms with E-state index < -0.39 is 16.0 Å². The molecule has 6 heteroatoms. The first-order valence-electron chi connectivity index (χ1n) is 5.93. The van der Waals surface area contributed by atoms with Crippen molar-refractivity contribution in [3.63, 3.8) is 0 Å². The zero-order valence-electron chi connectivity index (χ0n) is 10.5. The number of hydrogen-bond acceptors (Lipinski definition) is 3. The lowest BCUT2D eigenvalue weighted by Gasteiger charge is -2.22. The van der Waals surface area contributed by atoms with Crippen molar-refractivity contribution in [2.45, 2.75) is 39.5 Å². The van der Waals surface area contributed by atoms with Crippen LogP contribution in [0.4, 0.5) is 0 Å². The molecule has 0 radical (unpaired) electrons. The molecule has 0 aliphatic carbocycles. The van der Waals surface area contributed by atoms with Crippen molar-refractivity contribution < 1.29 is 18.3 Å². The molecule has 1 fully saturated rings. The van der Waals surface area contributed by atoms with Crippen LogP contribution in [-0.2, 0) is 14.8 Å². The lowest BCUT2D eigenvalue weighted by molar-refractivity contribution is -0.136. The largest absolute Gasteiger partial charge is 0.481 e. The van der Waals surface area contributed by atoms with Crippen molar-refractivity contribution >= 4 is 16.0 Å². The average Bonchev–Trinajstić information content (AvgIpc) is 2.37. The molecule has 0 atom stereocenters. The normalized spacial score (nSPS) is 22.0. The van der Waals surface area contributed by atoms with Crippen LogP contribution in [0.3, 0.4) is 0 Å². The van der Waals surface area contributed by atoms with E-state index in [1.807, 2.05) is 0 Å². The van der Waals surface area contributed by atoms with Gasteiger partial charge in [0.2, 0.25) is 10.0 Å². The molecular weight excluding hydrogens is 242 g/mol.